The second-order valence-electron chi connectivity index (χ2n) is 6.20. The highest BCUT2D eigenvalue weighted by atomic mass is 16.2. The van der Waals surface area contributed by atoms with Crippen LogP contribution in [0.25, 0.3) is 11.0 Å². The predicted octanol–water partition coefficient (Wildman–Crippen LogP) is 2.09. The average Bonchev–Trinajstić information content (AvgIpc) is 3.15. The van der Waals surface area contributed by atoms with E-state index in [-0.39, 0.29) is 17.6 Å². The van der Waals surface area contributed by atoms with Gasteiger partial charge in [-0.05, 0) is 43.2 Å². The molecule has 4 rings (SSSR count). The topological polar surface area (TPSA) is 91.8 Å². The summed E-state index contributed by atoms with van der Waals surface area (Å²) in [5.41, 5.74) is 2.40. The van der Waals surface area contributed by atoms with E-state index in [1.165, 1.54) is 0 Å². The summed E-state index contributed by atoms with van der Waals surface area (Å²) in [5, 5.41) is 10.6. The third-order valence-corrected chi connectivity index (χ3v) is 4.56. The van der Waals surface area contributed by atoms with E-state index in [1.54, 1.807) is 47.5 Å². The second kappa shape index (κ2) is 6.43. The Hall–Kier alpha value is -3.09. The van der Waals surface area contributed by atoms with Gasteiger partial charge in [0, 0.05) is 30.8 Å². The van der Waals surface area contributed by atoms with E-state index in [4.69, 9.17) is 0 Å². The van der Waals surface area contributed by atoms with Gasteiger partial charge in [0.05, 0.1) is 0 Å². The molecule has 0 spiro atoms. The standard InChI is InChI=1S/C18H17N5O2/c24-17(15-5-1-2-8-19-15)13-4-3-9-23(11-13)18(25)12-6-7-14-16(10-12)21-22-20-14/h1-2,5-8,10,13H,3-4,9,11H2,(H,20,21,22)/t13-/m0/s1. The van der Waals surface area contributed by atoms with E-state index < -0.39 is 0 Å². The second-order valence-corrected chi connectivity index (χ2v) is 6.20. The monoisotopic (exact) mass is 335 g/mol. The van der Waals surface area contributed by atoms with Crippen molar-refractivity contribution in [1.82, 2.24) is 25.3 Å². The number of hydrogen-bond acceptors (Lipinski definition) is 5. The smallest absolute Gasteiger partial charge is 0.253 e. The number of Topliss-reactive ketones (excluding diaryl/α,β-unsaturated/α-hetero) is 1. The first kappa shape index (κ1) is 15.4. The Morgan fingerprint density at radius 3 is 2.84 bits per heavy atom. The summed E-state index contributed by atoms with van der Waals surface area (Å²) < 4.78 is 0. The molecule has 1 aliphatic heterocycles. The molecule has 1 amide bonds. The van der Waals surface area contributed by atoms with E-state index in [1.807, 2.05) is 0 Å². The van der Waals surface area contributed by atoms with Crippen LogP contribution in [0.2, 0.25) is 0 Å². The normalized spacial score (nSPS) is 17.6. The zero-order valence-corrected chi connectivity index (χ0v) is 13.6. The number of hydrogen-bond donors (Lipinski definition) is 1. The number of nitrogens with zero attached hydrogens (tertiary/aromatic N) is 4. The zero-order valence-electron chi connectivity index (χ0n) is 13.6. The highest BCUT2D eigenvalue weighted by Crippen LogP contribution is 2.22. The number of pyridine rings is 1. The van der Waals surface area contributed by atoms with Crippen molar-refractivity contribution in [1.29, 1.82) is 0 Å². The molecule has 1 aromatic carbocycles. The van der Waals surface area contributed by atoms with Crippen molar-refractivity contribution < 1.29 is 9.59 Å². The summed E-state index contributed by atoms with van der Waals surface area (Å²) in [5.74, 6) is -0.281. The van der Waals surface area contributed by atoms with Gasteiger partial charge in [-0.1, -0.05) is 6.07 Å². The predicted molar refractivity (Wildman–Crippen MR) is 91.1 cm³/mol. The van der Waals surface area contributed by atoms with Crippen molar-refractivity contribution in [2.24, 2.45) is 5.92 Å². The van der Waals surface area contributed by atoms with Crippen LogP contribution in [0.3, 0.4) is 0 Å². The fourth-order valence-corrected chi connectivity index (χ4v) is 3.25. The number of aromatic amines is 1. The van der Waals surface area contributed by atoms with Crippen molar-refractivity contribution in [2.75, 3.05) is 13.1 Å². The Labute approximate surface area is 144 Å². The van der Waals surface area contributed by atoms with Gasteiger partial charge < -0.3 is 4.90 Å². The minimum absolute atomic E-state index is 0.00468. The Morgan fingerprint density at radius 2 is 2.00 bits per heavy atom. The quantitative estimate of drug-likeness (QED) is 0.740. The summed E-state index contributed by atoms with van der Waals surface area (Å²) in [4.78, 5) is 31.3. The molecule has 0 unspecified atom stereocenters. The van der Waals surface area contributed by atoms with Crippen LogP contribution < -0.4 is 0 Å². The lowest BCUT2D eigenvalue weighted by molar-refractivity contribution is 0.0635. The number of ketones is 1. The Morgan fingerprint density at radius 1 is 1.12 bits per heavy atom. The number of piperidine rings is 1. The molecule has 2 aromatic heterocycles. The number of rotatable bonds is 3. The number of H-pyrrole nitrogens is 1. The number of benzene rings is 1. The number of likely N-dealkylation sites (tertiary alicyclic amines) is 1. The van der Waals surface area contributed by atoms with E-state index >= 15 is 0 Å². The maximum absolute atomic E-state index is 12.8. The van der Waals surface area contributed by atoms with E-state index in [0.717, 1.165) is 18.4 Å². The number of carbonyl (C=O) groups is 2. The largest absolute Gasteiger partial charge is 0.338 e. The number of nitrogens with one attached hydrogen (secondary N) is 1. The summed E-state index contributed by atoms with van der Waals surface area (Å²) in [6, 6.07) is 10.6. The average molecular weight is 335 g/mol. The maximum Gasteiger partial charge on any atom is 0.253 e. The van der Waals surface area contributed by atoms with E-state index in [2.05, 4.69) is 20.4 Å². The van der Waals surface area contributed by atoms with E-state index in [0.29, 0.717) is 29.9 Å². The Bertz CT molecular complexity index is 921. The lowest BCUT2D eigenvalue weighted by Crippen LogP contribution is -2.42. The fourth-order valence-electron chi connectivity index (χ4n) is 3.25. The first-order valence-corrected chi connectivity index (χ1v) is 8.27. The molecule has 0 bridgehead atoms. The van der Waals surface area contributed by atoms with Crippen LogP contribution in [0.5, 0.6) is 0 Å². The van der Waals surface area contributed by atoms with E-state index in [9.17, 15) is 9.59 Å². The van der Waals surface area contributed by atoms with Crippen molar-refractivity contribution in [3.8, 4) is 0 Å². The highest BCUT2D eigenvalue weighted by Gasteiger charge is 2.30. The maximum atomic E-state index is 12.8. The molecule has 0 radical (unpaired) electrons. The van der Waals surface area contributed by atoms with Crippen molar-refractivity contribution in [2.45, 2.75) is 12.8 Å². The molecule has 7 nitrogen and oxygen atoms in total. The molecule has 7 heteroatoms. The SMILES string of the molecule is O=C(c1ccccn1)[C@H]1CCCN(C(=O)c2ccc3n[nH]nc3c2)C1. The third-order valence-electron chi connectivity index (χ3n) is 4.56. The van der Waals surface area contributed by atoms with Crippen molar-refractivity contribution >= 4 is 22.7 Å². The molecule has 126 valence electrons. The number of aromatic nitrogens is 4. The summed E-state index contributed by atoms with van der Waals surface area (Å²) in [6.07, 6.45) is 3.20. The van der Waals surface area contributed by atoms with Gasteiger partial charge in [0.1, 0.15) is 16.7 Å². The van der Waals surface area contributed by atoms with Crippen LogP contribution in [0.1, 0.15) is 33.7 Å². The molecule has 3 heterocycles. The number of amides is 1. The van der Waals surface area contributed by atoms with Gasteiger partial charge in [-0.25, -0.2) is 0 Å². The van der Waals surface area contributed by atoms with Crippen molar-refractivity contribution in [3.63, 3.8) is 0 Å². The lowest BCUT2D eigenvalue weighted by Gasteiger charge is -2.32. The Kier molecular flexibility index (Phi) is 3.97. The molecule has 1 atom stereocenters. The van der Waals surface area contributed by atoms with Crippen LogP contribution in [0, 0.1) is 5.92 Å². The van der Waals surface area contributed by atoms with Gasteiger partial charge in [0.2, 0.25) is 0 Å². The molecule has 1 fully saturated rings. The van der Waals surface area contributed by atoms with Crippen molar-refractivity contribution in [3.05, 3.63) is 53.9 Å². The summed E-state index contributed by atoms with van der Waals surface area (Å²) in [6.45, 7) is 1.08. The van der Waals surface area contributed by atoms with Crippen LogP contribution in [-0.2, 0) is 0 Å². The number of carbonyl (C=O) groups excluding carboxylic acids is 2. The summed E-state index contributed by atoms with van der Waals surface area (Å²) in [7, 11) is 0. The zero-order chi connectivity index (χ0) is 17.2. The highest BCUT2D eigenvalue weighted by molar-refractivity contribution is 5.99. The third kappa shape index (κ3) is 3.00. The van der Waals surface area contributed by atoms with Gasteiger partial charge in [0.25, 0.3) is 5.91 Å². The van der Waals surface area contributed by atoms with Crippen LogP contribution in [0.4, 0.5) is 0 Å². The minimum Gasteiger partial charge on any atom is -0.338 e. The molecule has 0 aliphatic carbocycles. The first-order valence-electron chi connectivity index (χ1n) is 8.27. The molecule has 1 aliphatic rings. The Balaban J connectivity index is 1.52. The van der Waals surface area contributed by atoms with Crippen LogP contribution in [0.15, 0.2) is 42.6 Å². The first-order chi connectivity index (χ1) is 12.2. The molecule has 1 N–H and O–H groups in total. The molecule has 0 saturated carbocycles. The molecular weight excluding hydrogens is 318 g/mol. The van der Waals surface area contributed by atoms with Gasteiger partial charge in [-0.2, -0.15) is 15.4 Å². The molecule has 3 aromatic rings. The lowest BCUT2D eigenvalue weighted by atomic mass is 9.91. The van der Waals surface area contributed by atoms with Gasteiger partial charge in [-0.15, -0.1) is 0 Å². The van der Waals surface area contributed by atoms with Gasteiger partial charge in [0.15, 0.2) is 5.78 Å². The molecule has 25 heavy (non-hydrogen) atoms. The van der Waals surface area contributed by atoms with Gasteiger partial charge in [-0.3, -0.25) is 14.6 Å². The van der Waals surface area contributed by atoms with Gasteiger partial charge >= 0.3 is 0 Å². The number of fused-ring (bicyclic) bond motifs is 1. The molecule has 1 saturated heterocycles. The summed E-state index contributed by atoms with van der Waals surface area (Å²) >= 11 is 0. The van der Waals surface area contributed by atoms with Crippen LogP contribution in [-0.4, -0.2) is 50.1 Å². The molecular formula is C18H17N5O2. The minimum atomic E-state index is -0.205. The van der Waals surface area contributed by atoms with Crippen LogP contribution >= 0.6 is 0 Å². The fraction of sp³-hybridized carbons (Fsp3) is 0.278.